The molecule has 0 aliphatic carbocycles. The second kappa shape index (κ2) is 7.39. The predicted octanol–water partition coefficient (Wildman–Crippen LogP) is 3.32. The molecule has 2 aromatic carbocycles. The standard InChI is InChI=1S/C20H20O6/c1-22-14-5-6-17(23-2)12(7-14)8-16-15-10-19(25-4)18(24-3)9-13(15)11-26-20(16)21/h5-10H,11H2,1-4H3. The van der Waals surface area contributed by atoms with E-state index in [1.807, 2.05) is 6.07 Å². The third kappa shape index (κ3) is 3.18. The monoisotopic (exact) mass is 356 g/mol. The van der Waals surface area contributed by atoms with Gasteiger partial charge in [-0.15, -0.1) is 0 Å². The van der Waals surface area contributed by atoms with Crippen molar-refractivity contribution in [1.82, 2.24) is 0 Å². The SMILES string of the molecule is COc1ccc(OC)c(C=C2C(=O)OCc3cc(OC)c(OC)cc32)c1. The van der Waals surface area contributed by atoms with Crippen LogP contribution in [0.5, 0.6) is 23.0 Å². The van der Waals surface area contributed by atoms with Gasteiger partial charge in [0, 0.05) is 11.1 Å². The van der Waals surface area contributed by atoms with Crippen LogP contribution in [0.15, 0.2) is 30.3 Å². The minimum absolute atomic E-state index is 0.182. The van der Waals surface area contributed by atoms with Crippen LogP contribution in [0.3, 0.4) is 0 Å². The van der Waals surface area contributed by atoms with E-state index >= 15 is 0 Å². The third-order valence-corrected chi connectivity index (χ3v) is 4.21. The highest BCUT2D eigenvalue weighted by Gasteiger charge is 2.26. The highest BCUT2D eigenvalue weighted by Crippen LogP contribution is 2.38. The van der Waals surface area contributed by atoms with Crippen molar-refractivity contribution in [2.45, 2.75) is 6.61 Å². The van der Waals surface area contributed by atoms with E-state index in [-0.39, 0.29) is 6.61 Å². The maximum absolute atomic E-state index is 12.4. The van der Waals surface area contributed by atoms with Crippen LogP contribution in [0.25, 0.3) is 11.6 Å². The van der Waals surface area contributed by atoms with Gasteiger partial charge >= 0.3 is 5.97 Å². The van der Waals surface area contributed by atoms with Crippen LogP contribution >= 0.6 is 0 Å². The number of methoxy groups -OCH3 is 4. The van der Waals surface area contributed by atoms with Crippen molar-refractivity contribution in [2.75, 3.05) is 28.4 Å². The Balaban J connectivity index is 2.17. The molecule has 0 saturated heterocycles. The lowest BCUT2D eigenvalue weighted by molar-refractivity contribution is -0.138. The van der Waals surface area contributed by atoms with E-state index in [0.29, 0.717) is 34.1 Å². The van der Waals surface area contributed by atoms with Gasteiger partial charge in [0.1, 0.15) is 18.1 Å². The zero-order chi connectivity index (χ0) is 18.7. The summed E-state index contributed by atoms with van der Waals surface area (Å²) in [6.45, 7) is 0.182. The van der Waals surface area contributed by atoms with Gasteiger partial charge in [-0.1, -0.05) is 0 Å². The molecule has 136 valence electrons. The maximum atomic E-state index is 12.4. The topological polar surface area (TPSA) is 63.2 Å². The molecule has 0 saturated carbocycles. The van der Waals surface area contributed by atoms with Crippen molar-refractivity contribution in [3.05, 3.63) is 47.0 Å². The molecule has 0 radical (unpaired) electrons. The van der Waals surface area contributed by atoms with E-state index in [1.54, 1.807) is 58.8 Å². The molecule has 3 rings (SSSR count). The molecule has 1 aliphatic rings. The van der Waals surface area contributed by atoms with Gasteiger partial charge in [0.2, 0.25) is 0 Å². The van der Waals surface area contributed by atoms with Gasteiger partial charge in [-0.05, 0) is 42.0 Å². The lowest BCUT2D eigenvalue weighted by Gasteiger charge is -2.21. The molecule has 0 unspecified atom stereocenters. The first-order valence-electron chi connectivity index (χ1n) is 7.97. The molecular formula is C20H20O6. The number of esters is 1. The molecule has 2 aromatic rings. The molecule has 6 nitrogen and oxygen atoms in total. The molecule has 6 heteroatoms. The number of ether oxygens (including phenoxy) is 5. The molecule has 0 bridgehead atoms. The summed E-state index contributed by atoms with van der Waals surface area (Å²) < 4.78 is 26.7. The molecule has 0 spiro atoms. The minimum Gasteiger partial charge on any atom is -0.497 e. The van der Waals surface area contributed by atoms with Crippen molar-refractivity contribution in [2.24, 2.45) is 0 Å². The Bertz CT molecular complexity index is 869. The van der Waals surface area contributed by atoms with Gasteiger partial charge in [-0.2, -0.15) is 0 Å². The smallest absolute Gasteiger partial charge is 0.339 e. The van der Waals surface area contributed by atoms with Gasteiger partial charge in [0.15, 0.2) is 11.5 Å². The summed E-state index contributed by atoms with van der Waals surface area (Å²) in [7, 11) is 6.28. The summed E-state index contributed by atoms with van der Waals surface area (Å²) in [5.74, 6) is 2.01. The molecule has 0 atom stereocenters. The minimum atomic E-state index is -0.408. The zero-order valence-corrected chi connectivity index (χ0v) is 15.1. The summed E-state index contributed by atoms with van der Waals surface area (Å²) in [6, 6.07) is 8.98. The van der Waals surface area contributed by atoms with Crippen LogP contribution in [0.4, 0.5) is 0 Å². The first kappa shape index (κ1) is 17.7. The van der Waals surface area contributed by atoms with Crippen LogP contribution in [-0.4, -0.2) is 34.4 Å². The van der Waals surface area contributed by atoms with E-state index in [4.69, 9.17) is 23.7 Å². The number of hydrogen-bond acceptors (Lipinski definition) is 6. The summed E-state index contributed by atoms with van der Waals surface area (Å²) in [6.07, 6.45) is 1.73. The molecule has 0 aromatic heterocycles. The number of rotatable bonds is 5. The summed E-state index contributed by atoms with van der Waals surface area (Å²) in [5.41, 5.74) is 2.71. The number of benzene rings is 2. The third-order valence-electron chi connectivity index (χ3n) is 4.21. The molecule has 1 heterocycles. The van der Waals surface area contributed by atoms with E-state index < -0.39 is 5.97 Å². The van der Waals surface area contributed by atoms with Crippen LogP contribution in [0.2, 0.25) is 0 Å². The Labute approximate surface area is 151 Å². The Hall–Kier alpha value is -3.15. The lowest BCUT2D eigenvalue weighted by Crippen LogP contribution is -2.16. The normalized spacial score (nSPS) is 14.5. The fourth-order valence-electron chi connectivity index (χ4n) is 2.87. The van der Waals surface area contributed by atoms with Crippen molar-refractivity contribution in [3.8, 4) is 23.0 Å². The number of carbonyl (C=O) groups excluding carboxylic acids is 1. The number of carbonyl (C=O) groups is 1. The van der Waals surface area contributed by atoms with Crippen LogP contribution in [0, 0.1) is 0 Å². The second-order valence-electron chi connectivity index (χ2n) is 5.61. The van der Waals surface area contributed by atoms with Crippen molar-refractivity contribution < 1.29 is 28.5 Å². The van der Waals surface area contributed by atoms with Gasteiger partial charge in [0.05, 0.1) is 34.0 Å². The van der Waals surface area contributed by atoms with E-state index in [9.17, 15) is 4.79 Å². The van der Waals surface area contributed by atoms with E-state index in [1.165, 1.54) is 0 Å². The lowest BCUT2D eigenvalue weighted by atomic mass is 9.95. The Morgan fingerprint density at radius 1 is 0.885 bits per heavy atom. The van der Waals surface area contributed by atoms with Crippen LogP contribution in [0.1, 0.15) is 16.7 Å². The molecular weight excluding hydrogens is 336 g/mol. The van der Waals surface area contributed by atoms with Crippen LogP contribution in [-0.2, 0) is 16.1 Å². The van der Waals surface area contributed by atoms with Crippen LogP contribution < -0.4 is 18.9 Å². The first-order chi connectivity index (χ1) is 12.6. The highest BCUT2D eigenvalue weighted by atomic mass is 16.5. The average molecular weight is 356 g/mol. The molecule has 0 amide bonds. The van der Waals surface area contributed by atoms with E-state index in [0.717, 1.165) is 11.1 Å². The van der Waals surface area contributed by atoms with Crippen molar-refractivity contribution >= 4 is 17.6 Å². The van der Waals surface area contributed by atoms with Crippen molar-refractivity contribution in [3.63, 3.8) is 0 Å². The van der Waals surface area contributed by atoms with Crippen molar-refractivity contribution in [1.29, 1.82) is 0 Å². The van der Waals surface area contributed by atoms with Gasteiger partial charge in [-0.3, -0.25) is 0 Å². The molecule has 0 fully saturated rings. The summed E-state index contributed by atoms with van der Waals surface area (Å²) in [4.78, 5) is 12.4. The average Bonchev–Trinajstić information content (AvgIpc) is 2.68. The number of fused-ring (bicyclic) bond motifs is 1. The zero-order valence-electron chi connectivity index (χ0n) is 15.1. The Kier molecular flexibility index (Phi) is 5.02. The second-order valence-corrected chi connectivity index (χ2v) is 5.61. The quantitative estimate of drug-likeness (QED) is 0.605. The number of hydrogen-bond donors (Lipinski definition) is 0. The predicted molar refractivity (Wildman–Crippen MR) is 96.8 cm³/mol. The Morgan fingerprint density at radius 3 is 2.23 bits per heavy atom. The Morgan fingerprint density at radius 2 is 1.58 bits per heavy atom. The summed E-state index contributed by atoms with van der Waals surface area (Å²) in [5, 5.41) is 0. The first-order valence-corrected chi connectivity index (χ1v) is 7.97. The molecule has 1 aliphatic heterocycles. The fourth-order valence-corrected chi connectivity index (χ4v) is 2.87. The van der Waals surface area contributed by atoms with E-state index in [2.05, 4.69) is 0 Å². The fraction of sp³-hybridized carbons (Fsp3) is 0.250. The largest absolute Gasteiger partial charge is 0.497 e. The van der Waals surface area contributed by atoms with Gasteiger partial charge in [0.25, 0.3) is 0 Å². The molecule has 0 N–H and O–H groups in total. The molecule has 26 heavy (non-hydrogen) atoms. The number of cyclic esters (lactones) is 1. The maximum Gasteiger partial charge on any atom is 0.339 e. The van der Waals surface area contributed by atoms with Gasteiger partial charge < -0.3 is 23.7 Å². The van der Waals surface area contributed by atoms with Gasteiger partial charge in [-0.25, -0.2) is 4.79 Å². The highest BCUT2D eigenvalue weighted by molar-refractivity contribution is 6.23. The summed E-state index contributed by atoms with van der Waals surface area (Å²) >= 11 is 0.